The van der Waals surface area contributed by atoms with Gasteiger partial charge in [0.05, 0.1) is 19.9 Å². The maximum absolute atomic E-state index is 12.6. The minimum Gasteiger partial charge on any atom is -0.495 e. The summed E-state index contributed by atoms with van der Waals surface area (Å²) in [4.78, 5) is 0.0106. The van der Waals surface area contributed by atoms with E-state index in [0.717, 1.165) is 0 Å². The number of rotatable bonds is 7. The van der Waals surface area contributed by atoms with Crippen molar-refractivity contribution in [2.75, 3.05) is 20.0 Å². The summed E-state index contributed by atoms with van der Waals surface area (Å²) < 4.78 is 38.2. The molecule has 0 aromatic heterocycles. The Morgan fingerprint density at radius 3 is 2.10 bits per heavy atom. The Morgan fingerprint density at radius 2 is 1.67 bits per heavy atom. The van der Waals surface area contributed by atoms with Gasteiger partial charge in [0.15, 0.2) is 0 Å². The zero-order valence-electron chi connectivity index (χ0n) is 13.2. The van der Waals surface area contributed by atoms with Crippen LogP contribution in [-0.4, -0.2) is 28.2 Å². The molecular formula is C14H24N2O4S. The van der Waals surface area contributed by atoms with Crippen LogP contribution in [0.15, 0.2) is 17.0 Å². The molecule has 21 heavy (non-hydrogen) atoms. The van der Waals surface area contributed by atoms with Crippen LogP contribution in [0.4, 0.5) is 5.69 Å². The molecule has 0 fully saturated rings. The Morgan fingerprint density at radius 1 is 1.14 bits per heavy atom. The average Bonchev–Trinajstić information content (AvgIpc) is 2.46. The van der Waals surface area contributed by atoms with E-state index in [2.05, 4.69) is 4.72 Å². The Labute approximate surface area is 126 Å². The van der Waals surface area contributed by atoms with Crippen molar-refractivity contribution in [2.24, 2.45) is 0 Å². The third-order valence-electron chi connectivity index (χ3n) is 3.75. The van der Waals surface area contributed by atoms with Crippen LogP contribution < -0.4 is 19.9 Å². The van der Waals surface area contributed by atoms with Crippen molar-refractivity contribution in [1.29, 1.82) is 0 Å². The molecule has 0 aliphatic rings. The summed E-state index contributed by atoms with van der Waals surface area (Å²) in [5, 5.41) is 0. The molecule has 1 aromatic carbocycles. The number of methoxy groups -OCH3 is 2. The average molecular weight is 316 g/mol. The van der Waals surface area contributed by atoms with E-state index in [9.17, 15) is 8.42 Å². The molecule has 0 atom stereocenters. The highest BCUT2D eigenvalue weighted by atomic mass is 32.2. The van der Waals surface area contributed by atoms with E-state index < -0.39 is 15.6 Å². The van der Waals surface area contributed by atoms with Crippen LogP contribution in [0.5, 0.6) is 11.5 Å². The first-order valence-electron chi connectivity index (χ1n) is 6.78. The lowest BCUT2D eigenvalue weighted by Crippen LogP contribution is -2.44. The summed E-state index contributed by atoms with van der Waals surface area (Å²) >= 11 is 0. The van der Waals surface area contributed by atoms with Gasteiger partial charge in [0, 0.05) is 11.6 Å². The molecule has 0 heterocycles. The summed E-state index contributed by atoms with van der Waals surface area (Å²) in [5.74, 6) is 0.572. The fourth-order valence-electron chi connectivity index (χ4n) is 1.88. The van der Waals surface area contributed by atoms with E-state index in [1.807, 2.05) is 20.8 Å². The molecule has 1 rings (SSSR count). The highest BCUT2D eigenvalue weighted by Gasteiger charge is 2.30. The van der Waals surface area contributed by atoms with Crippen molar-refractivity contribution in [3.63, 3.8) is 0 Å². The van der Waals surface area contributed by atoms with Gasteiger partial charge in [-0.3, -0.25) is 0 Å². The van der Waals surface area contributed by atoms with Crippen molar-refractivity contribution in [3.8, 4) is 11.5 Å². The zero-order chi connectivity index (χ0) is 16.3. The minimum absolute atomic E-state index is 0.0106. The van der Waals surface area contributed by atoms with E-state index in [1.165, 1.54) is 26.4 Å². The fourth-order valence-corrected chi connectivity index (χ4v) is 3.61. The largest absolute Gasteiger partial charge is 0.495 e. The van der Waals surface area contributed by atoms with Crippen molar-refractivity contribution < 1.29 is 17.9 Å². The Balaban J connectivity index is 3.34. The second-order valence-electron chi connectivity index (χ2n) is 5.12. The lowest BCUT2D eigenvalue weighted by Gasteiger charge is -2.28. The first kappa shape index (κ1) is 17.6. The lowest BCUT2D eigenvalue weighted by molar-refractivity contribution is 0.378. The third-order valence-corrected chi connectivity index (χ3v) is 5.41. The van der Waals surface area contributed by atoms with E-state index in [0.29, 0.717) is 18.6 Å². The van der Waals surface area contributed by atoms with Crippen LogP contribution in [-0.2, 0) is 10.0 Å². The predicted octanol–water partition coefficient (Wildman–Crippen LogP) is 2.14. The molecule has 6 nitrogen and oxygen atoms in total. The number of sulfonamides is 1. The number of nitrogen functional groups attached to an aromatic ring is 1. The molecule has 0 amide bonds. The topological polar surface area (TPSA) is 90.7 Å². The van der Waals surface area contributed by atoms with Gasteiger partial charge in [-0.15, -0.1) is 0 Å². The van der Waals surface area contributed by atoms with Crippen LogP contribution in [0.2, 0.25) is 0 Å². The van der Waals surface area contributed by atoms with Crippen molar-refractivity contribution in [2.45, 2.75) is 44.0 Å². The number of ether oxygens (including phenoxy) is 2. The summed E-state index contributed by atoms with van der Waals surface area (Å²) in [5.41, 5.74) is 5.54. The van der Waals surface area contributed by atoms with E-state index in [4.69, 9.17) is 15.2 Å². The van der Waals surface area contributed by atoms with Crippen LogP contribution in [0.25, 0.3) is 0 Å². The molecule has 0 radical (unpaired) electrons. The predicted molar refractivity (Wildman–Crippen MR) is 83.3 cm³/mol. The standard InChI is InChI=1S/C14H24N2O4S/c1-6-14(3,7-2)16-21(17,18)13-8-10(15)11(19-4)9-12(13)20-5/h8-9,16H,6-7,15H2,1-5H3. The van der Waals surface area contributed by atoms with Gasteiger partial charge in [-0.05, 0) is 25.8 Å². The van der Waals surface area contributed by atoms with E-state index >= 15 is 0 Å². The Kier molecular flexibility index (Phi) is 5.47. The van der Waals surface area contributed by atoms with Crippen LogP contribution in [0, 0.1) is 0 Å². The van der Waals surface area contributed by atoms with Gasteiger partial charge in [-0.2, -0.15) is 0 Å². The molecule has 120 valence electrons. The fraction of sp³-hybridized carbons (Fsp3) is 0.571. The number of anilines is 1. The quantitative estimate of drug-likeness (QED) is 0.752. The second-order valence-corrected chi connectivity index (χ2v) is 6.77. The molecule has 0 saturated heterocycles. The minimum atomic E-state index is -3.74. The normalized spacial score (nSPS) is 12.2. The van der Waals surface area contributed by atoms with Gasteiger partial charge in [-0.1, -0.05) is 13.8 Å². The molecule has 0 spiro atoms. The summed E-state index contributed by atoms with van der Waals surface area (Å²) in [7, 11) is -0.876. The number of benzene rings is 1. The van der Waals surface area contributed by atoms with Gasteiger partial charge in [0.2, 0.25) is 10.0 Å². The van der Waals surface area contributed by atoms with Gasteiger partial charge in [0.1, 0.15) is 16.4 Å². The first-order chi connectivity index (χ1) is 9.72. The van der Waals surface area contributed by atoms with Crippen LogP contribution in [0.3, 0.4) is 0 Å². The molecule has 0 unspecified atom stereocenters. The van der Waals surface area contributed by atoms with Crippen LogP contribution in [0.1, 0.15) is 33.6 Å². The molecule has 0 bridgehead atoms. The molecular weight excluding hydrogens is 292 g/mol. The van der Waals surface area contributed by atoms with Crippen molar-refractivity contribution in [1.82, 2.24) is 4.72 Å². The molecule has 1 aromatic rings. The third kappa shape index (κ3) is 3.79. The monoisotopic (exact) mass is 316 g/mol. The van der Waals surface area contributed by atoms with E-state index in [1.54, 1.807) is 0 Å². The number of hydrogen-bond acceptors (Lipinski definition) is 5. The highest BCUT2D eigenvalue weighted by molar-refractivity contribution is 7.89. The number of nitrogens with two attached hydrogens (primary N) is 1. The van der Waals surface area contributed by atoms with Crippen LogP contribution >= 0.6 is 0 Å². The maximum Gasteiger partial charge on any atom is 0.244 e. The second kappa shape index (κ2) is 6.53. The number of hydrogen-bond donors (Lipinski definition) is 2. The Hall–Kier alpha value is -1.47. The van der Waals surface area contributed by atoms with Gasteiger partial charge >= 0.3 is 0 Å². The molecule has 7 heteroatoms. The summed E-state index contributed by atoms with van der Waals surface area (Å²) in [6.45, 7) is 5.74. The maximum atomic E-state index is 12.6. The van der Waals surface area contributed by atoms with Gasteiger partial charge < -0.3 is 15.2 Å². The highest BCUT2D eigenvalue weighted by Crippen LogP contribution is 2.34. The number of nitrogens with one attached hydrogen (secondary N) is 1. The van der Waals surface area contributed by atoms with Crippen molar-refractivity contribution in [3.05, 3.63) is 12.1 Å². The van der Waals surface area contributed by atoms with Gasteiger partial charge in [0.25, 0.3) is 0 Å². The summed E-state index contributed by atoms with van der Waals surface area (Å²) in [6.07, 6.45) is 1.35. The zero-order valence-corrected chi connectivity index (χ0v) is 14.0. The first-order valence-corrected chi connectivity index (χ1v) is 8.26. The summed E-state index contributed by atoms with van der Waals surface area (Å²) in [6, 6.07) is 2.82. The SMILES string of the molecule is CCC(C)(CC)NS(=O)(=O)c1cc(N)c(OC)cc1OC. The smallest absolute Gasteiger partial charge is 0.244 e. The van der Waals surface area contributed by atoms with E-state index in [-0.39, 0.29) is 16.3 Å². The molecule has 0 aliphatic heterocycles. The molecule has 3 N–H and O–H groups in total. The van der Waals surface area contributed by atoms with Gasteiger partial charge in [-0.25, -0.2) is 13.1 Å². The molecule has 0 saturated carbocycles. The lowest BCUT2D eigenvalue weighted by atomic mass is 9.98. The Bertz CT molecular complexity index is 595. The molecule has 0 aliphatic carbocycles. The van der Waals surface area contributed by atoms with Crippen molar-refractivity contribution >= 4 is 15.7 Å².